The summed E-state index contributed by atoms with van der Waals surface area (Å²) < 4.78 is 109. The molecule has 2 aromatic rings. The first-order valence-electron chi connectivity index (χ1n) is 13.8. The van der Waals surface area contributed by atoms with Crippen LogP contribution >= 0.6 is 11.6 Å². The molecule has 1 unspecified atom stereocenters. The molecule has 10 heteroatoms. The van der Waals surface area contributed by atoms with Crippen molar-refractivity contribution in [3.63, 3.8) is 0 Å². The molecule has 2 heterocycles. The first kappa shape index (κ1) is 12.6. The third kappa shape index (κ3) is 4.08. The highest BCUT2D eigenvalue weighted by molar-refractivity contribution is 6.30. The number of benzene rings is 2. The van der Waals surface area contributed by atoms with Crippen LogP contribution in [0.4, 0.5) is 8.78 Å². The van der Waals surface area contributed by atoms with Crippen LogP contribution in [0.3, 0.4) is 0 Å². The van der Waals surface area contributed by atoms with Crippen molar-refractivity contribution in [1.82, 2.24) is 15.5 Å². The number of halogens is 3. The highest BCUT2D eigenvalue weighted by Crippen LogP contribution is 2.30. The van der Waals surface area contributed by atoms with Crippen molar-refractivity contribution in [2.24, 2.45) is 0 Å². The number of nitrogens with zero attached hydrogens (tertiary/aromatic N) is 1. The van der Waals surface area contributed by atoms with E-state index >= 15 is 0 Å². The average Bonchev–Trinajstić information content (AvgIpc) is 3.26. The first-order chi connectivity index (χ1) is 19.1. The fourth-order valence-electron chi connectivity index (χ4n) is 3.05. The Morgan fingerprint density at radius 1 is 1.34 bits per heavy atom. The van der Waals surface area contributed by atoms with Crippen molar-refractivity contribution in [2.75, 3.05) is 0 Å². The Balaban J connectivity index is 1.60. The lowest BCUT2D eigenvalue weighted by Gasteiger charge is -2.29. The molecule has 2 aromatic carbocycles. The van der Waals surface area contributed by atoms with Crippen LogP contribution in [-0.2, 0) is 33.4 Å². The van der Waals surface area contributed by atoms with Gasteiger partial charge in [-0.05, 0) is 35.7 Å². The van der Waals surface area contributed by atoms with Crippen LogP contribution < -0.4 is 10.6 Å². The molecular weight excluding hydrogens is 444 g/mol. The van der Waals surface area contributed by atoms with Gasteiger partial charge in [-0.1, -0.05) is 35.8 Å². The van der Waals surface area contributed by atoms with Gasteiger partial charge in [0.25, 0.3) is 11.8 Å². The van der Waals surface area contributed by atoms with Gasteiger partial charge in [0.05, 0.1) is 6.85 Å². The minimum atomic E-state index is -4.53. The number of fused-ring (bicyclic) bond motifs is 1. The third-order valence-corrected chi connectivity index (χ3v) is 4.77. The molecular formula is C22H18ClF2N3O4. The molecule has 0 bridgehead atoms. The largest absolute Gasteiger partial charge is 0.349 e. The SMILES string of the molecule is [2H]c1c([2H])c(C(F)(F)C(=O)NCc2ccc3c(c2)CN(C2([2H])C(=O)N([2H])C(=O)C([2H])([2H])C2([2H])[2H])C3=O)c([2H])c([2H])c1Cl. The molecule has 1 fully saturated rings. The predicted molar refractivity (Wildman–Crippen MR) is 110 cm³/mol. The van der Waals surface area contributed by atoms with Crippen molar-refractivity contribution < 1.29 is 41.7 Å². The van der Waals surface area contributed by atoms with Gasteiger partial charge in [0, 0.05) is 41.1 Å². The van der Waals surface area contributed by atoms with Gasteiger partial charge in [0.1, 0.15) is 6.02 Å². The van der Waals surface area contributed by atoms with Crippen LogP contribution in [-0.4, -0.2) is 34.5 Å². The molecule has 0 spiro atoms. The number of carbonyl (C=O) groups is 4. The van der Waals surface area contributed by atoms with E-state index in [1.54, 1.807) is 0 Å². The van der Waals surface area contributed by atoms with Crippen LogP contribution in [0.1, 0.15) is 52.1 Å². The summed E-state index contributed by atoms with van der Waals surface area (Å²) in [4.78, 5) is 50.7. The fraction of sp³-hybridized carbons (Fsp3) is 0.273. The van der Waals surface area contributed by atoms with E-state index in [2.05, 4.69) is 0 Å². The standard InChI is InChI=1S/C22H18ClF2N3O4/c23-15-4-2-14(3-5-15)22(24,25)21(32)26-10-12-1-6-16-13(9-12)11-28(20(16)31)17-7-8-18(29)27-19(17)30/h1-6,9,17H,7-8,10-11H2,(H,26,32)(H,27,29,30)/i2D,3D,4D,5D,7D2,8D2,17D/hD. The lowest BCUT2D eigenvalue weighted by Crippen LogP contribution is -2.52. The summed E-state index contributed by atoms with van der Waals surface area (Å²) in [5, 5.41) is 0.677. The molecule has 32 heavy (non-hydrogen) atoms. The van der Waals surface area contributed by atoms with Crippen molar-refractivity contribution >= 4 is 35.2 Å². The lowest BCUT2D eigenvalue weighted by atomic mass is 10.0. The Bertz CT molecular complexity index is 1560. The second kappa shape index (κ2) is 8.31. The number of hydrogen-bond donors (Lipinski definition) is 2. The van der Waals surface area contributed by atoms with Gasteiger partial charge in [0.15, 0.2) is 1.41 Å². The van der Waals surface area contributed by atoms with E-state index < -0.39 is 101 Å². The molecule has 0 saturated carbocycles. The predicted octanol–water partition coefficient (Wildman–Crippen LogP) is 2.51. The maximum atomic E-state index is 15.0. The molecule has 7 nitrogen and oxygen atoms in total. The quantitative estimate of drug-likeness (QED) is 0.655. The number of carbonyl (C=O) groups excluding carboxylic acids is 4. The molecule has 2 aliphatic rings. The monoisotopic (exact) mass is 471 g/mol. The third-order valence-electron chi connectivity index (χ3n) is 4.58. The topological polar surface area (TPSA) is 95.6 Å². The molecule has 166 valence electrons. The van der Waals surface area contributed by atoms with Crippen molar-refractivity contribution in [2.45, 2.75) is 37.8 Å². The van der Waals surface area contributed by atoms with E-state index in [-0.39, 0.29) is 16.7 Å². The average molecular weight is 472 g/mol. The highest BCUT2D eigenvalue weighted by Gasteiger charge is 2.41. The maximum Gasteiger partial charge on any atom is 0.349 e. The van der Waals surface area contributed by atoms with Gasteiger partial charge >= 0.3 is 5.92 Å². The number of rotatable bonds is 5. The van der Waals surface area contributed by atoms with E-state index in [0.717, 1.165) is 6.07 Å². The Morgan fingerprint density at radius 2 is 2.06 bits per heavy atom. The number of piperidine rings is 1. The fourth-order valence-corrected chi connectivity index (χ4v) is 3.14. The molecule has 4 rings (SSSR count). The summed E-state index contributed by atoms with van der Waals surface area (Å²) in [6.07, 6.45) is -7.14. The van der Waals surface area contributed by atoms with E-state index in [1.807, 2.05) is 5.32 Å². The van der Waals surface area contributed by atoms with Crippen LogP contribution in [0.15, 0.2) is 42.4 Å². The van der Waals surface area contributed by atoms with E-state index in [0.29, 0.717) is 4.90 Å². The van der Waals surface area contributed by atoms with Gasteiger partial charge in [-0.2, -0.15) is 8.78 Å². The Kier molecular flexibility index (Phi) is 3.28. The Labute approximate surface area is 200 Å². The minimum Gasteiger partial charge on any atom is -0.346 e. The molecule has 2 aliphatic heterocycles. The van der Waals surface area contributed by atoms with Crippen LogP contribution in [0.5, 0.6) is 0 Å². The first-order valence-corrected chi connectivity index (χ1v) is 9.27. The van der Waals surface area contributed by atoms with Gasteiger partial charge in [-0.25, -0.2) is 0 Å². The number of amides is 4. The summed E-state index contributed by atoms with van der Waals surface area (Å²) in [6.45, 7) is -1.29. The van der Waals surface area contributed by atoms with E-state index in [9.17, 15) is 28.0 Å². The van der Waals surface area contributed by atoms with E-state index in [4.69, 9.17) is 25.3 Å². The Morgan fingerprint density at radius 3 is 2.78 bits per heavy atom. The molecule has 0 aliphatic carbocycles. The summed E-state index contributed by atoms with van der Waals surface area (Å²) >= 11 is 5.62. The molecule has 4 amide bonds. The van der Waals surface area contributed by atoms with Crippen LogP contribution in [0, 0.1) is 0 Å². The van der Waals surface area contributed by atoms with Crippen molar-refractivity contribution in [1.29, 1.82) is 0 Å². The van der Waals surface area contributed by atoms with Crippen molar-refractivity contribution in [3.05, 3.63) is 69.6 Å². The lowest BCUT2D eigenvalue weighted by molar-refractivity contribution is -0.147. The summed E-state index contributed by atoms with van der Waals surface area (Å²) in [7, 11) is 0. The smallest absolute Gasteiger partial charge is 0.346 e. The number of nitrogens with one attached hydrogen (secondary N) is 2. The zero-order valence-electron chi connectivity index (χ0n) is 25.8. The number of hydrogen-bond acceptors (Lipinski definition) is 4. The van der Waals surface area contributed by atoms with Gasteiger partial charge < -0.3 is 10.2 Å². The van der Waals surface area contributed by atoms with Crippen LogP contribution in [0.25, 0.3) is 0 Å². The van der Waals surface area contributed by atoms with Gasteiger partial charge in [-0.15, -0.1) is 0 Å². The van der Waals surface area contributed by atoms with E-state index in [1.165, 1.54) is 12.1 Å². The van der Waals surface area contributed by atoms with Gasteiger partial charge in [-0.3, -0.25) is 24.5 Å². The normalized spacial score (nSPS) is 28.7. The molecule has 2 N–H and O–H groups in total. The zero-order valence-corrected chi connectivity index (χ0v) is 16.6. The second-order valence-corrected chi connectivity index (χ2v) is 7.03. The van der Waals surface area contributed by atoms with Gasteiger partial charge in [0.2, 0.25) is 11.8 Å². The second-order valence-electron chi connectivity index (χ2n) is 6.65. The van der Waals surface area contributed by atoms with Crippen molar-refractivity contribution in [3.8, 4) is 0 Å². The highest BCUT2D eigenvalue weighted by atomic mass is 35.5. The Hall–Kier alpha value is -3.33. The molecule has 1 saturated heterocycles. The summed E-state index contributed by atoms with van der Waals surface area (Å²) in [5.74, 6) is -11.3. The maximum absolute atomic E-state index is 15.0. The zero-order chi connectivity index (χ0) is 31.9. The minimum absolute atomic E-state index is 0.0278. The summed E-state index contributed by atoms with van der Waals surface area (Å²) in [5.41, 5.74) is -1.55. The number of alkyl halides is 2. The summed E-state index contributed by atoms with van der Waals surface area (Å²) in [6, 6.07) is -4.21. The number of imide groups is 1. The van der Waals surface area contributed by atoms with Crippen LogP contribution in [0.2, 0.25) is 6.43 Å². The molecule has 0 radical (unpaired) electrons. The molecule has 0 aromatic heterocycles. The molecule has 1 atom stereocenters.